The van der Waals surface area contributed by atoms with E-state index in [1.54, 1.807) is 0 Å². The fourth-order valence-electron chi connectivity index (χ4n) is 0.790. The van der Waals surface area contributed by atoms with Crippen LogP contribution in [0, 0.1) is 5.92 Å². The molecule has 1 atom stereocenters. The van der Waals surface area contributed by atoms with Gasteiger partial charge in [-0.1, -0.05) is 0 Å². The average Bonchev–Trinajstić information content (AvgIpc) is 2.09. The summed E-state index contributed by atoms with van der Waals surface area (Å²) in [4.78, 5) is 0. The van der Waals surface area contributed by atoms with Crippen LogP contribution in [-0.4, -0.2) is 58.5 Å². The van der Waals surface area contributed by atoms with E-state index in [4.69, 9.17) is 22.1 Å². The van der Waals surface area contributed by atoms with E-state index in [1.165, 1.54) is 13.7 Å². The van der Waals surface area contributed by atoms with Crippen molar-refractivity contribution < 1.29 is 22.7 Å². The molecule has 0 spiro atoms. The Morgan fingerprint density at radius 2 is 2.14 bits per heavy atom. The predicted molar refractivity (Wildman–Crippen MR) is 54.8 cm³/mol. The molecule has 0 aliphatic carbocycles. The Balaban J connectivity index is 3.80. The van der Waals surface area contributed by atoms with Crippen molar-refractivity contribution in [3.05, 3.63) is 0 Å². The van der Waals surface area contributed by atoms with Crippen molar-refractivity contribution in [1.82, 2.24) is 0 Å². The monoisotopic (exact) mass is 216 g/mol. The van der Waals surface area contributed by atoms with Crippen LogP contribution >= 0.6 is 0 Å². The van der Waals surface area contributed by atoms with Gasteiger partial charge in [0.25, 0.3) is 0 Å². The molecule has 0 aliphatic heterocycles. The molecule has 9 heteroatoms. The van der Waals surface area contributed by atoms with Crippen LogP contribution in [0.5, 0.6) is 0 Å². The molecule has 5 nitrogen and oxygen atoms in total. The predicted octanol–water partition coefficient (Wildman–Crippen LogP) is -1.79. The molecule has 0 saturated carbocycles. The summed E-state index contributed by atoms with van der Waals surface area (Å²) in [5, 5.41) is 8.81. The second-order valence-corrected chi connectivity index (χ2v) is 4.36. The molecule has 2 N–H and O–H groups in total. The first-order chi connectivity index (χ1) is 6.49. The van der Waals surface area contributed by atoms with E-state index in [-0.39, 0.29) is 31.3 Å². The number of aliphatic hydroxyl groups is 1. The van der Waals surface area contributed by atoms with E-state index in [2.05, 4.69) is 0 Å². The van der Waals surface area contributed by atoms with Crippen LogP contribution in [0.15, 0.2) is 0 Å². The van der Waals surface area contributed by atoms with E-state index in [0.717, 1.165) is 0 Å². The molecule has 0 fully saturated rings. The van der Waals surface area contributed by atoms with Crippen molar-refractivity contribution in [2.75, 3.05) is 19.0 Å². The van der Waals surface area contributed by atoms with Gasteiger partial charge in [-0.25, -0.2) is 0 Å². The summed E-state index contributed by atoms with van der Waals surface area (Å²) in [5.74, 6) is -0.707. The van der Waals surface area contributed by atoms with E-state index in [1.807, 2.05) is 0 Å². The zero-order valence-electron chi connectivity index (χ0n) is 7.67. The molecular weight excluding hydrogens is 205 g/mol. The van der Waals surface area contributed by atoms with Gasteiger partial charge in [-0.3, -0.25) is 0 Å². The van der Waals surface area contributed by atoms with Crippen molar-refractivity contribution in [3.8, 4) is 0 Å². The maximum absolute atomic E-state index is 10.4. The normalized spacial score (nSPS) is 13.3. The summed E-state index contributed by atoms with van der Waals surface area (Å²) in [6.45, 7) is 1.16. The van der Waals surface area contributed by atoms with Crippen LogP contribution in [0.3, 0.4) is 0 Å². The molecule has 0 saturated heterocycles. The van der Waals surface area contributed by atoms with Crippen LogP contribution in [0.2, 0.25) is 0 Å². The van der Waals surface area contributed by atoms with Gasteiger partial charge in [0.1, 0.15) is 0 Å². The van der Waals surface area contributed by atoms with Gasteiger partial charge in [0.2, 0.25) is 0 Å². The van der Waals surface area contributed by atoms with Gasteiger partial charge in [0.05, 0.1) is 0 Å². The maximum atomic E-state index is 10.4. The van der Waals surface area contributed by atoms with E-state index in [0.29, 0.717) is 0 Å². The Kier molecular flexibility index (Phi) is 7.13. The van der Waals surface area contributed by atoms with Crippen LogP contribution in [-0.2, 0) is 14.8 Å². The van der Waals surface area contributed by atoms with Crippen molar-refractivity contribution >= 4 is 31.6 Å². The summed E-state index contributed by atoms with van der Waals surface area (Å²) in [5.41, 5.74) is 0. The fourth-order valence-corrected chi connectivity index (χ4v) is 1.42. The molecule has 0 aromatic carbocycles. The number of aliphatic hydroxyl groups excluding tert-OH is 1. The molecule has 0 aliphatic rings. The topological polar surface area (TPSA) is 83.8 Å². The SMILES string of the molecule is [B]B=BOCC(CO)CCS(=O)(=O)O. The van der Waals surface area contributed by atoms with Crippen LogP contribution < -0.4 is 0 Å². The van der Waals surface area contributed by atoms with Gasteiger partial charge in [-0.05, 0) is 0 Å². The summed E-state index contributed by atoms with van der Waals surface area (Å²) in [6.07, 6.45) is 0.147. The molecule has 0 bridgehead atoms. The molecule has 0 aromatic heterocycles. The van der Waals surface area contributed by atoms with Gasteiger partial charge in [0.15, 0.2) is 0 Å². The standard InChI is InChI=1S/C5H11B3O5S/c6-7-8-13-4-5(3-9)1-2-14(10,11)12/h5,9H,1-4H2,(H,10,11,12). The Morgan fingerprint density at radius 1 is 1.50 bits per heavy atom. The van der Waals surface area contributed by atoms with Gasteiger partial charge in [0, 0.05) is 0 Å². The molecule has 14 heavy (non-hydrogen) atoms. The summed E-state index contributed by atoms with van der Waals surface area (Å²) in [6, 6.07) is 0. The third-order valence-electron chi connectivity index (χ3n) is 1.55. The molecular formula is C5H11B3O5S. The van der Waals surface area contributed by atoms with E-state index in [9.17, 15) is 8.42 Å². The third-order valence-corrected chi connectivity index (χ3v) is 2.30. The van der Waals surface area contributed by atoms with E-state index < -0.39 is 10.1 Å². The van der Waals surface area contributed by atoms with Crippen LogP contribution in [0.25, 0.3) is 0 Å². The molecule has 0 rings (SSSR count). The molecule has 1 unspecified atom stereocenters. The molecule has 0 aromatic rings. The summed E-state index contributed by atoms with van der Waals surface area (Å²) >= 11 is 0. The Labute approximate surface area is 86.1 Å². The first-order valence-electron chi connectivity index (χ1n) is 4.04. The number of rotatable bonds is 7. The van der Waals surface area contributed by atoms with Crippen molar-refractivity contribution in [3.63, 3.8) is 0 Å². The third kappa shape index (κ3) is 8.46. The minimum atomic E-state index is -3.97. The van der Waals surface area contributed by atoms with E-state index >= 15 is 0 Å². The van der Waals surface area contributed by atoms with Gasteiger partial charge in [-0.15, -0.1) is 0 Å². The second kappa shape index (κ2) is 7.20. The summed E-state index contributed by atoms with van der Waals surface area (Å²) in [7, 11) is 2.27. The fraction of sp³-hybridized carbons (Fsp3) is 1.00. The Morgan fingerprint density at radius 3 is 2.57 bits per heavy atom. The van der Waals surface area contributed by atoms with Gasteiger partial charge < -0.3 is 0 Å². The zero-order valence-corrected chi connectivity index (χ0v) is 8.48. The number of hydrogen-bond donors (Lipinski definition) is 2. The zero-order chi connectivity index (χ0) is 11.0. The number of hydrogen-bond acceptors (Lipinski definition) is 4. The molecule has 0 amide bonds. The minimum absolute atomic E-state index is 0.147. The van der Waals surface area contributed by atoms with Gasteiger partial charge >= 0.3 is 85.6 Å². The Bertz CT molecular complexity index is 265. The van der Waals surface area contributed by atoms with Gasteiger partial charge in [-0.2, -0.15) is 0 Å². The van der Waals surface area contributed by atoms with Crippen LogP contribution in [0.4, 0.5) is 0 Å². The molecule has 0 heterocycles. The summed E-state index contributed by atoms with van der Waals surface area (Å²) < 4.78 is 34.1. The molecule has 2 radical (unpaired) electrons. The average molecular weight is 216 g/mol. The van der Waals surface area contributed by atoms with Crippen LogP contribution in [0.1, 0.15) is 6.42 Å². The quantitative estimate of drug-likeness (QED) is 0.387. The second-order valence-electron chi connectivity index (χ2n) is 2.79. The van der Waals surface area contributed by atoms with Crippen molar-refractivity contribution in [2.24, 2.45) is 5.92 Å². The molecule has 76 valence electrons. The van der Waals surface area contributed by atoms with Crippen molar-refractivity contribution in [2.45, 2.75) is 6.42 Å². The van der Waals surface area contributed by atoms with Crippen molar-refractivity contribution in [1.29, 1.82) is 0 Å². The first-order valence-corrected chi connectivity index (χ1v) is 5.65. The first kappa shape index (κ1) is 13.9. The Hall–Kier alpha value is -0.135.